The van der Waals surface area contributed by atoms with Crippen LogP contribution in [0.1, 0.15) is 53.0 Å². The summed E-state index contributed by atoms with van der Waals surface area (Å²) in [4.78, 5) is 21.0. The molecular weight excluding hydrogens is 302 g/mol. The van der Waals surface area contributed by atoms with Crippen LogP contribution in [-0.4, -0.2) is 25.5 Å². The summed E-state index contributed by atoms with van der Waals surface area (Å²) in [7, 11) is 0. The third kappa shape index (κ3) is 3.13. The molecule has 0 aliphatic heterocycles. The average molecular weight is 323 g/mol. The van der Waals surface area contributed by atoms with Crippen LogP contribution in [0.25, 0.3) is 5.78 Å². The molecule has 124 valence electrons. The van der Waals surface area contributed by atoms with E-state index < -0.39 is 0 Å². The summed E-state index contributed by atoms with van der Waals surface area (Å²) in [5.74, 6) is 0.274. The standard InChI is InChI=1S/C18H21N5O/c1-5-14-6-8-15(9-7-14)13(4)20-17(24)16-21-18-19-11(2)10-12(3)23(18)22-16/h6-10,13H,5H2,1-4H3,(H,20,24). The molecule has 1 amide bonds. The molecule has 0 fully saturated rings. The summed E-state index contributed by atoms with van der Waals surface area (Å²) in [5.41, 5.74) is 4.07. The average Bonchev–Trinajstić information content (AvgIpc) is 2.99. The van der Waals surface area contributed by atoms with Gasteiger partial charge in [-0.2, -0.15) is 4.98 Å². The predicted molar refractivity (Wildman–Crippen MR) is 92.0 cm³/mol. The Morgan fingerprint density at radius 2 is 1.92 bits per heavy atom. The summed E-state index contributed by atoms with van der Waals surface area (Å²) < 4.78 is 1.59. The van der Waals surface area contributed by atoms with E-state index in [1.807, 2.05) is 39.0 Å². The minimum Gasteiger partial charge on any atom is -0.343 e. The first kappa shape index (κ1) is 16.1. The third-order valence-corrected chi connectivity index (χ3v) is 4.06. The van der Waals surface area contributed by atoms with Gasteiger partial charge in [0.2, 0.25) is 5.82 Å². The lowest BCUT2D eigenvalue weighted by atomic mass is 10.1. The lowest BCUT2D eigenvalue weighted by molar-refractivity contribution is 0.0929. The zero-order valence-corrected chi connectivity index (χ0v) is 14.4. The highest BCUT2D eigenvalue weighted by Crippen LogP contribution is 2.14. The highest BCUT2D eigenvalue weighted by atomic mass is 16.2. The van der Waals surface area contributed by atoms with Crippen molar-refractivity contribution in [1.82, 2.24) is 24.9 Å². The van der Waals surface area contributed by atoms with Gasteiger partial charge in [-0.05, 0) is 44.4 Å². The number of nitrogens with zero attached hydrogens (tertiary/aromatic N) is 4. The molecule has 0 aliphatic carbocycles. The Bertz CT molecular complexity index is 882. The number of fused-ring (bicyclic) bond motifs is 1. The van der Waals surface area contributed by atoms with Crippen molar-refractivity contribution in [2.24, 2.45) is 0 Å². The molecule has 3 aromatic rings. The Labute approximate surface area is 141 Å². The number of carbonyl (C=O) groups is 1. The van der Waals surface area contributed by atoms with Gasteiger partial charge in [-0.3, -0.25) is 4.79 Å². The van der Waals surface area contributed by atoms with Gasteiger partial charge in [0.25, 0.3) is 11.7 Å². The number of aryl methyl sites for hydroxylation is 3. The van der Waals surface area contributed by atoms with Crippen LogP contribution in [0.15, 0.2) is 30.3 Å². The molecule has 6 heteroatoms. The smallest absolute Gasteiger partial charge is 0.291 e. The van der Waals surface area contributed by atoms with E-state index in [9.17, 15) is 4.79 Å². The summed E-state index contributed by atoms with van der Waals surface area (Å²) in [6.45, 7) is 7.87. The number of benzene rings is 1. The maximum Gasteiger partial charge on any atom is 0.291 e. The molecular formula is C18H21N5O. The van der Waals surface area contributed by atoms with Gasteiger partial charge in [0.15, 0.2) is 0 Å². The molecule has 6 nitrogen and oxygen atoms in total. The highest BCUT2D eigenvalue weighted by molar-refractivity contribution is 5.91. The van der Waals surface area contributed by atoms with Crippen LogP contribution in [0.4, 0.5) is 0 Å². The van der Waals surface area contributed by atoms with E-state index in [2.05, 4.69) is 39.4 Å². The zero-order chi connectivity index (χ0) is 17.3. The molecule has 2 heterocycles. The Hall–Kier alpha value is -2.76. The van der Waals surface area contributed by atoms with E-state index in [-0.39, 0.29) is 17.8 Å². The summed E-state index contributed by atoms with van der Waals surface area (Å²) in [6.07, 6.45) is 0.998. The molecule has 0 saturated heterocycles. The first-order valence-electron chi connectivity index (χ1n) is 8.08. The van der Waals surface area contributed by atoms with Crippen LogP contribution in [-0.2, 0) is 6.42 Å². The van der Waals surface area contributed by atoms with Crippen LogP contribution in [0, 0.1) is 13.8 Å². The Morgan fingerprint density at radius 1 is 1.21 bits per heavy atom. The van der Waals surface area contributed by atoms with E-state index in [4.69, 9.17) is 0 Å². The van der Waals surface area contributed by atoms with Crippen molar-refractivity contribution in [1.29, 1.82) is 0 Å². The van der Waals surface area contributed by atoms with E-state index in [1.54, 1.807) is 4.52 Å². The molecule has 0 bridgehead atoms. The topological polar surface area (TPSA) is 72.2 Å². The zero-order valence-electron chi connectivity index (χ0n) is 14.4. The number of amides is 1. The third-order valence-electron chi connectivity index (χ3n) is 4.06. The quantitative estimate of drug-likeness (QED) is 0.801. The Balaban J connectivity index is 1.80. The SMILES string of the molecule is CCc1ccc(C(C)NC(=O)c2nc3nc(C)cc(C)n3n2)cc1. The molecule has 1 aromatic carbocycles. The minimum absolute atomic E-state index is 0.120. The number of nitrogens with one attached hydrogen (secondary N) is 1. The predicted octanol–water partition coefficient (Wildman–Crippen LogP) is 2.79. The second kappa shape index (κ2) is 6.39. The molecule has 1 atom stereocenters. The van der Waals surface area contributed by atoms with Crippen molar-refractivity contribution in [3.8, 4) is 0 Å². The minimum atomic E-state index is -0.301. The fourth-order valence-electron chi connectivity index (χ4n) is 2.65. The summed E-state index contributed by atoms with van der Waals surface area (Å²) >= 11 is 0. The van der Waals surface area contributed by atoms with Gasteiger partial charge in [0.05, 0.1) is 6.04 Å². The second-order valence-electron chi connectivity index (χ2n) is 5.98. The molecule has 0 spiro atoms. The maximum atomic E-state index is 12.4. The molecule has 0 radical (unpaired) electrons. The van der Waals surface area contributed by atoms with Crippen molar-refractivity contribution in [2.75, 3.05) is 0 Å². The number of rotatable bonds is 4. The van der Waals surface area contributed by atoms with Crippen molar-refractivity contribution in [2.45, 2.75) is 40.2 Å². The highest BCUT2D eigenvalue weighted by Gasteiger charge is 2.17. The molecule has 0 saturated carbocycles. The molecule has 1 unspecified atom stereocenters. The van der Waals surface area contributed by atoms with Crippen molar-refractivity contribution >= 4 is 11.7 Å². The largest absolute Gasteiger partial charge is 0.343 e. The van der Waals surface area contributed by atoms with E-state index in [0.29, 0.717) is 5.78 Å². The Morgan fingerprint density at radius 3 is 2.58 bits per heavy atom. The number of aromatic nitrogens is 4. The van der Waals surface area contributed by atoms with E-state index in [0.717, 1.165) is 23.4 Å². The normalized spacial score (nSPS) is 12.3. The van der Waals surface area contributed by atoms with Crippen LogP contribution < -0.4 is 5.32 Å². The van der Waals surface area contributed by atoms with Gasteiger partial charge >= 0.3 is 0 Å². The van der Waals surface area contributed by atoms with Crippen molar-refractivity contribution in [3.63, 3.8) is 0 Å². The molecule has 0 aliphatic rings. The number of hydrogen-bond donors (Lipinski definition) is 1. The fourth-order valence-corrected chi connectivity index (χ4v) is 2.65. The summed E-state index contributed by atoms with van der Waals surface area (Å²) in [5, 5.41) is 7.20. The first-order chi connectivity index (χ1) is 11.5. The van der Waals surface area contributed by atoms with Crippen molar-refractivity contribution < 1.29 is 4.79 Å². The van der Waals surface area contributed by atoms with E-state index >= 15 is 0 Å². The van der Waals surface area contributed by atoms with Crippen molar-refractivity contribution in [3.05, 3.63) is 58.7 Å². The lowest BCUT2D eigenvalue weighted by Gasteiger charge is -2.13. The van der Waals surface area contributed by atoms with Gasteiger partial charge in [-0.15, -0.1) is 5.10 Å². The number of carbonyl (C=O) groups excluding carboxylic acids is 1. The van der Waals surface area contributed by atoms with Gasteiger partial charge in [-0.1, -0.05) is 31.2 Å². The fraction of sp³-hybridized carbons (Fsp3) is 0.333. The van der Waals surface area contributed by atoms with Gasteiger partial charge < -0.3 is 5.32 Å². The molecule has 2 aromatic heterocycles. The first-order valence-corrected chi connectivity index (χ1v) is 8.08. The molecule has 3 rings (SSSR count). The number of hydrogen-bond acceptors (Lipinski definition) is 4. The van der Waals surface area contributed by atoms with Crippen LogP contribution in [0.3, 0.4) is 0 Å². The van der Waals surface area contributed by atoms with Crippen LogP contribution >= 0.6 is 0 Å². The van der Waals surface area contributed by atoms with Gasteiger partial charge in [-0.25, -0.2) is 9.50 Å². The molecule has 1 N–H and O–H groups in total. The monoisotopic (exact) mass is 323 g/mol. The Kier molecular flexibility index (Phi) is 4.29. The van der Waals surface area contributed by atoms with Gasteiger partial charge in [0.1, 0.15) is 0 Å². The summed E-state index contributed by atoms with van der Waals surface area (Å²) in [6, 6.07) is 10.0. The van der Waals surface area contributed by atoms with Crippen LogP contribution in [0.5, 0.6) is 0 Å². The second-order valence-corrected chi connectivity index (χ2v) is 5.98. The lowest BCUT2D eigenvalue weighted by Crippen LogP contribution is -2.27. The maximum absolute atomic E-state index is 12.4. The van der Waals surface area contributed by atoms with Gasteiger partial charge in [0, 0.05) is 11.4 Å². The van der Waals surface area contributed by atoms with E-state index in [1.165, 1.54) is 5.56 Å². The molecule has 24 heavy (non-hydrogen) atoms. The van der Waals surface area contributed by atoms with Crippen LogP contribution in [0.2, 0.25) is 0 Å².